The third kappa shape index (κ3) is 3.57. The fourth-order valence-corrected chi connectivity index (χ4v) is 1.68. The lowest BCUT2D eigenvalue weighted by molar-refractivity contribution is -0.671. The molecule has 1 aromatic carbocycles. The molecule has 0 fully saturated rings. The molecule has 0 unspecified atom stereocenters. The molecule has 0 radical (unpaired) electrons. The molecule has 17 heavy (non-hydrogen) atoms. The summed E-state index contributed by atoms with van der Waals surface area (Å²) in [6.07, 6.45) is 4.12. The standard InChI is InChI=1S/C14H18N3/c1-16-10-8-13(9-11-16)12-17(2)15-14-6-4-3-5-7-14/h3-11,15H,12H2,1-2H3/q+1. The van der Waals surface area contributed by atoms with Gasteiger partial charge in [0.2, 0.25) is 0 Å². The summed E-state index contributed by atoms with van der Waals surface area (Å²) in [5.41, 5.74) is 5.73. The second kappa shape index (κ2) is 5.46. The van der Waals surface area contributed by atoms with E-state index in [2.05, 4.69) is 47.1 Å². The Morgan fingerprint density at radius 1 is 1.06 bits per heavy atom. The molecule has 2 aromatic rings. The normalized spacial score (nSPS) is 10.5. The first-order valence-electron chi connectivity index (χ1n) is 5.71. The van der Waals surface area contributed by atoms with Gasteiger partial charge in [0.05, 0.1) is 0 Å². The quantitative estimate of drug-likeness (QED) is 0.637. The van der Waals surface area contributed by atoms with Crippen LogP contribution >= 0.6 is 0 Å². The topological polar surface area (TPSA) is 19.1 Å². The first-order valence-corrected chi connectivity index (χ1v) is 5.71. The maximum Gasteiger partial charge on any atom is 0.168 e. The van der Waals surface area contributed by atoms with Crippen LogP contribution in [0.5, 0.6) is 0 Å². The molecule has 1 heterocycles. The molecule has 0 aliphatic rings. The average molecular weight is 228 g/mol. The number of nitrogens with one attached hydrogen (secondary N) is 1. The number of anilines is 1. The van der Waals surface area contributed by atoms with Gasteiger partial charge in [0.25, 0.3) is 0 Å². The van der Waals surface area contributed by atoms with Gasteiger partial charge in [0, 0.05) is 31.4 Å². The number of hydrazine groups is 1. The number of nitrogens with zero attached hydrogens (tertiary/aromatic N) is 2. The third-order valence-electron chi connectivity index (χ3n) is 2.56. The highest BCUT2D eigenvalue weighted by molar-refractivity contribution is 5.41. The maximum atomic E-state index is 3.33. The van der Waals surface area contributed by atoms with Crippen LogP contribution in [0, 0.1) is 0 Å². The van der Waals surface area contributed by atoms with Crippen molar-refractivity contribution in [2.45, 2.75) is 6.54 Å². The van der Waals surface area contributed by atoms with Crippen LogP contribution in [0.25, 0.3) is 0 Å². The van der Waals surface area contributed by atoms with Crippen molar-refractivity contribution in [2.24, 2.45) is 7.05 Å². The number of aryl methyl sites for hydroxylation is 1. The van der Waals surface area contributed by atoms with Gasteiger partial charge in [-0.05, 0) is 17.7 Å². The van der Waals surface area contributed by atoms with Crippen molar-refractivity contribution in [1.82, 2.24) is 5.01 Å². The highest BCUT2D eigenvalue weighted by Crippen LogP contribution is 2.07. The third-order valence-corrected chi connectivity index (χ3v) is 2.56. The molecule has 88 valence electrons. The fourth-order valence-electron chi connectivity index (χ4n) is 1.68. The van der Waals surface area contributed by atoms with Crippen LogP contribution in [-0.2, 0) is 13.6 Å². The highest BCUT2D eigenvalue weighted by Gasteiger charge is 2.01. The lowest BCUT2D eigenvalue weighted by Crippen LogP contribution is -2.28. The number of rotatable bonds is 4. The largest absolute Gasteiger partial charge is 0.319 e. The summed E-state index contributed by atoms with van der Waals surface area (Å²) in [6.45, 7) is 0.871. The summed E-state index contributed by atoms with van der Waals surface area (Å²) >= 11 is 0. The number of pyridine rings is 1. The van der Waals surface area contributed by atoms with E-state index in [4.69, 9.17) is 0 Å². The number of hydrogen-bond acceptors (Lipinski definition) is 2. The van der Waals surface area contributed by atoms with Gasteiger partial charge in [-0.3, -0.25) is 0 Å². The van der Waals surface area contributed by atoms with E-state index in [1.165, 1.54) is 5.56 Å². The molecule has 2 rings (SSSR count). The Kier molecular flexibility index (Phi) is 3.73. The minimum atomic E-state index is 0.871. The zero-order valence-corrected chi connectivity index (χ0v) is 10.3. The number of benzene rings is 1. The predicted molar refractivity (Wildman–Crippen MR) is 69.1 cm³/mol. The van der Waals surface area contributed by atoms with E-state index in [0.717, 1.165) is 12.2 Å². The highest BCUT2D eigenvalue weighted by atomic mass is 15.5. The number of para-hydroxylation sites is 1. The summed E-state index contributed by atoms with van der Waals surface area (Å²) in [7, 11) is 4.07. The van der Waals surface area contributed by atoms with Gasteiger partial charge < -0.3 is 5.43 Å². The van der Waals surface area contributed by atoms with E-state index in [-0.39, 0.29) is 0 Å². The van der Waals surface area contributed by atoms with Crippen LogP contribution in [0.15, 0.2) is 54.9 Å². The molecule has 0 atom stereocenters. The minimum Gasteiger partial charge on any atom is -0.319 e. The molecule has 0 amide bonds. The molecule has 0 aliphatic heterocycles. The van der Waals surface area contributed by atoms with Gasteiger partial charge in [-0.1, -0.05) is 18.2 Å². The van der Waals surface area contributed by atoms with Gasteiger partial charge in [-0.2, -0.15) is 0 Å². The van der Waals surface area contributed by atoms with Gasteiger partial charge in [-0.25, -0.2) is 9.58 Å². The van der Waals surface area contributed by atoms with Crippen molar-refractivity contribution in [1.29, 1.82) is 0 Å². The van der Waals surface area contributed by atoms with E-state index in [9.17, 15) is 0 Å². The molecule has 3 heteroatoms. The molecule has 1 aromatic heterocycles. The van der Waals surface area contributed by atoms with Crippen LogP contribution in [0.4, 0.5) is 5.69 Å². The second-order valence-corrected chi connectivity index (χ2v) is 4.21. The lowest BCUT2D eigenvalue weighted by Gasteiger charge is -2.18. The van der Waals surface area contributed by atoms with Crippen LogP contribution in [0.3, 0.4) is 0 Å². The Morgan fingerprint density at radius 2 is 1.71 bits per heavy atom. The maximum absolute atomic E-state index is 3.33. The van der Waals surface area contributed by atoms with Crippen LogP contribution < -0.4 is 9.99 Å². The van der Waals surface area contributed by atoms with Crippen LogP contribution in [0.2, 0.25) is 0 Å². The van der Waals surface area contributed by atoms with Gasteiger partial charge in [0.15, 0.2) is 12.4 Å². The summed E-state index contributed by atoms with van der Waals surface area (Å²) in [6, 6.07) is 14.4. The molecule has 0 saturated carbocycles. The van der Waals surface area contributed by atoms with Gasteiger partial charge in [-0.15, -0.1) is 0 Å². The monoisotopic (exact) mass is 228 g/mol. The molecule has 0 spiro atoms. The number of aromatic nitrogens is 1. The molecular formula is C14H18N3+. The van der Waals surface area contributed by atoms with Crippen molar-refractivity contribution >= 4 is 5.69 Å². The predicted octanol–water partition coefficient (Wildman–Crippen LogP) is 1.97. The Hall–Kier alpha value is -1.87. The van der Waals surface area contributed by atoms with Crippen molar-refractivity contribution < 1.29 is 4.57 Å². The van der Waals surface area contributed by atoms with E-state index >= 15 is 0 Å². The first-order chi connectivity index (χ1) is 8.24. The Balaban J connectivity index is 1.93. The summed E-state index contributed by atoms with van der Waals surface area (Å²) in [4.78, 5) is 0. The average Bonchev–Trinajstić information content (AvgIpc) is 2.33. The van der Waals surface area contributed by atoms with E-state index in [1.54, 1.807) is 0 Å². The van der Waals surface area contributed by atoms with Crippen molar-refractivity contribution in [3.8, 4) is 0 Å². The lowest BCUT2D eigenvalue weighted by atomic mass is 10.2. The number of hydrogen-bond donors (Lipinski definition) is 1. The fraction of sp³-hybridized carbons (Fsp3) is 0.214. The molecule has 0 saturated heterocycles. The summed E-state index contributed by atoms with van der Waals surface area (Å²) in [5.74, 6) is 0. The van der Waals surface area contributed by atoms with E-state index < -0.39 is 0 Å². The van der Waals surface area contributed by atoms with Gasteiger partial charge >= 0.3 is 0 Å². The first kappa shape index (κ1) is 11.6. The molecular weight excluding hydrogens is 210 g/mol. The van der Waals surface area contributed by atoms with E-state index in [1.807, 2.05) is 36.9 Å². The molecule has 3 nitrogen and oxygen atoms in total. The van der Waals surface area contributed by atoms with Gasteiger partial charge in [0.1, 0.15) is 7.05 Å². The molecule has 0 bridgehead atoms. The Bertz CT molecular complexity index is 451. The molecule has 1 N–H and O–H groups in total. The zero-order valence-electron chi connectivity index (χ0n) is 10.3. The summed E-state index contributed by atoms with van der Waals surface area (Å²) in [5, 5.41) is 2.07. The summed E-state index contributed by atoms with van der Waals surface area (Å²) < 4.78 is 2.04. The van der Waals surface area contributed by atoms with Crippen molar-refractivity contribution in [3.05, 3.63) is 60.4 Å². The van der Waals surface area contributed by atoms with E-state index in [0.29, 0.717) is 0 Å². The SMILES string of the molecule is CN(Cc1cc[n+](C)cc1)Nc1ccccc1. The molecule has 0 aliphatic carbocycles. The minimum absolute atomic E-state index is 0.871. The second-order valence-electron chi connectivity index (χ2n) is 4.21. The van der Waals surface area contributed by atoms with Crippen molar-refractivity contribution in [2.75, 3.05) is 12.5 Å². The smallest absolute Gasteiger partial charge is 0.168 e. The van der Waals surface area contributed by atoms with Crippen LogP contribution in [-0.4, -0.2) is 12.1 Å². The Morgan fingerprint density at radius 3 is 2.35 bits per heavy atom. The Labute approximate surface area is 102 Å². The zero-order chi connectivity index (χ0) is 12.1. The van der Waals surface area contributed by atoms with Crippen molar-refractivity contribution in [3.63, 3.8) is 0 Å². The van der Waals surface area contributed by atoms with Crippen LogP contribution in [0.1, 0.15) is 5.56 Å².